The van der Waals surface area contributed by atoms with E-state index >= 15 is 0 Å². The maximum atomic E-state index is 11.5. The normalized spacial score (nSPS) is 12.1. The number of carboxylic acids is 1. The van der Waals surface area contributed by atoms with Crippen LogP contribution < -0.4 is 0 Å². The van der Waals surface area contributed by atoms with Gasteiger partial charge in [0.15, 0.2) is 0 Å². The molecule has 1 N–H and O–H groups in total. The lowest BCUT2D eigenvalue weighted by molar-refractivity contribution is -0.141. The van der Waals surface area contributed by atoms with E-state index in [0.717, 1.165) is 11.1 Å². The minimum atomic E-state index is -0.869. The van der Waals surface area contributed by atoms with Crippen LogP contribution in [-0.2, 0) is 17.6 Å². The van der Waals surface area contributed by atoms with Gasteiger partial charge in [-0.25, -0.2) is 0 Å². The Morgan fingerprint density at radius 3 is 2.43 bits per heavy atom. The summed E-state index contributed by atoms with van der Waals surface area (Å²) in [5, 5.41) is 10.9. The van der Waals surface area contributed by atoms with Crippen LogP contribution in [0.15, 0.2) is 42.5 Å². The molecule has 0 bridgehead atoms. The largest absolute Gasteiger partial charge is 0.481 e. The second-order valence-corrected chi connectivity index (χ2v) is 6.01. The molecule has 110 valence electrons. The van der Waals surface area contributed by atoms with Crippen LogP contribution >= 0.6 is 34.8 Å². The molecule has 5 heteroatoms. The van der Waals surface area contributed by atoms with E-state index < -0.39 is 11.9 Å². The van der Waals surface area contributed by atoms with Gasteiger partial charge in [0.2, 0.25) is 0 Å². The fraction of sp³-hybridized carbons (Fsp3) is 0.188. The first-order valence-corrected chi connectivity index (χ1v) is 7.51. The Kier molecular flexibility index (Phi) is 5.51. The third-order valence-corrected chi connectivity index (χ3v) is 4.31. The van der Waals surface area contributed by atoms with Crippen molar-refractivity contribution >= 4 is 40.8 Å². The van der Waals surface area contributed by atoms with Gasteiger partial charge < -0.3 is 5.11 Å². The van der Waals surface area contributed by atoms with E-state index in [1.807, 2.05) is 12.1 Å². The van der Waals surface area contributed by atoms with Gasteiger partial charge in [0.25, 0.3) is 0 Å². The molecule has 0 aliphatic heterocycles. The third kappa shape index (κ3) is 4.37. The van der Waals surface area contributed by atoms with Crippen LogP contribution in [0.4, 0.5) is 0 Å². The van der Waals surface area contributed by atoms with E-state index in [1.54, 1.807) is 30.3 Å². The molecular weight excluding hydrogens is 331 g/mol. The van der Waals surface area contributed by atoms with Crippen LogP contribution in [0.5, 0.6) is 0 Å². The molecule has 0 amide bonds. The summed E-state index contributed by atoms with van der Waals surface area (Å²) in [6.07, 6.45) is 0.708. The van der Waals surface area contributed by atoms with Gasteiger partial charge in [-0.3, -0.25) is 4.79 Å². The van der Waals surface area contributed by atoms with Crippen molar-refractivity contribution < 1.29 is 9.90 Å². The van der Waals surface area contributed by atoms with E-state index in [4.69, 9.17) is 34.8 Å². The lowest BCUT2D eigenvalue weighted by Crippen LogP contribution is -2.19. The minimum Gasteiger partial charge on any atom is -0.481 e. The standard InChI is InChI=1S/C16H13Cl3O2/c17-13-5-1-3-10(8-13)7-12(16(20)21)9-11-4-2-6-14(18)15(11)19/h1-6,8,12H,7,9H2,(H,20,21). The first-order chi connectivity index (χ1) is 9.97. The Morgan fingerprint density at radius 1 is 1.05 bits per heavy atom. The number of hydrogen-bond donors (Lipinski definition) is 1. The highest BCUT2D eigenvalue weighted by molar-refractivity contribution is 6.42. The molecule has 0 aliphatic rings. The van der Waals surface area contributed by atoms with Crippen molar-refractivity contribution in [2.75, 3.05) is 0 Å². The quantitative estimate of drug-likeness (QED) is 0.817. The second-order valence-electron chi connectivity index (χ2n) is 4.79. The number of hydrogen-bond acceptors (Lipinski definition) is 1. The maximum absolute atomic E-state index is 11.5. The highest BCUT2D eigenvalue weighted by Gasteiger charge is 2.20. The number of carbonyl (C=O) groups is 1. The lowest BCUT2D eigenvalue weighted by Gasteiger charge is -2.14. The van der Waals surface area contributed by atoms with Gasteiger partial charge in [-0.1, -0.05) is 59.1 Å². The number of carboxylic acid groups (broad SMARTS) is 1. The molecule has 21 heavy (non-hydrogen) atoms. The number of benzene rings is 2. The number of aliphatic carboxylic acids is 1. The van der Waals surface area contributed by atoms with Crippen molar-refractivity contribution in [3.05, 3.63) is 68.7 Å². The SMILES string of the molecule is O=C(O)C(Cc1cccc(Cl)c1)Cc1cccc(Cl)c1Cl. The predicted molar refractivity (Wildman–Crippen MR) is 86.4 cm³/mol. The Bertz CT molecular complexity index is 656. The zero-order valence-corrected chi connectivity index (χ0v) is 13.3. The fourth-order valence-corrected chi connectivity index (χ4v) is 2.78. The molecule has 0 fully saturated rings. The minimum absolute atomic E-state index is 0.321. The molecule has 0 spiro atoms. The molecule has 0 heterocycles. The third-order valence-electron chi connectivity index (χ3n) is 3.22. The van der Waals surface area contributed by atoms with E-state index in [0.29, 0.717) is 27.9 Å². The van der Waals surface area contributed by atoms with Crippen LogP contribution in [0.25, 0.3) is 0 Å². The van der Waals surface area contributed by atoms with Crippen LogP contribution in [0, 0.1) is 5.92 Å². The first kappa shape index (κ1) is 16.2. The first-order valence-electron chi connectivity index (χ1n) is 6.37. The highest BCUT2D eigenvalue weighted by Crippen LogP contribution is 2.28. The van der Waals surface area contributed by atoms with Gasteiger partial charge in [-0.2, -0.15) is 0 Å². The summed E-state index contributed by atoms with van der Waals surface area (Å²) in [6.45, 7) is 0. The van der Waals surface area contributed by atoms with Crippen molar-refractivity contribution in [2.45, 2.75) is 12.8 Å². The fourth-order valence-electron chi connectivity index (χ4n) is 2.17. The van der Waals surface area contributed by atoms with Gasteiger partial charge in [0.1, 0.15) is 0 Å². The van der Waals surface area contributed by atoms with E-state index in [9.17, 15) is 9.90 Å². The van der Waals surface area contributed by atoms with Crippen LogP contribution in [-0.4, -0.2) is 11.1 Å². The van der Waals surface area contributed by atoms with Gasteiger partial charge in [-0.15, -0.1) is 0 Å². The molecule has 0 aromatic heterocycles. The van der Waals surface area contributed by atoms with Crippen molar-refractivity contribution in [3.8, 4) is 0 Å². The van der Waals surface area contributed by atoms with Gasteiger partial charge in [-0.05, 0) is 42.2 Å². The molecule has 0 aliphatic carbocycles. The topological polar surface area (TPSA) is 37.3 Å². The highest BCUT2D eigenvalue weighted by atomic mass is 35.5. The van der Waals surface area contributed by atoms with Crippen LogP contribution in [0.2, 0.25) is 15.1 Å². The monoisotopic (exact) mass is 342 g/mol. The zero-order valence-electron chi connectivity index (χ0n) is 11.0. The molecule has 0 radical (unpaired) electrons. The summed E-state index contributed by atoms with van der Waals surface area (Å²) in [4.78, 5) is 11.5. The summed E-state index contributed by atoms with van der Waals surface area (Å²) in [5.41, 5.74) is 1.62. The second kappa shape index (κ2) is 7.17. The van der Waals surface area contributed by atoms with Crippen molar-refractivity contribution in [2.24, 2.45) is 5.92 Å². The van der Waals surface area contributed by atoms with E-state index in [1.165, 1.54) is 0 Å². The van der Waals surface area contributed by atoms with Crippen molar-refractivity contribution in [1.82, 2.24) is 0 Å². The van der Waals surface area contributed by atoms with E-state index in [2.05, 4.69) is 0 Å². The average Bonchev–Trinajstić information content (AvgIpc) is 2.43. The smallest absolute Gasteiger partial charge is 0.307 e. The predicted octanol–water partition coefficient (Wildman–Crippen LogP) is 5.13. The van der Waals surface area contributed by atoms with Crippen LogP contribution in [0.1, 0.15) is 11.1 Å². The maximum Gasteiger partial charge on any atom is 0.307 e. The van der Waals surface area contributed by atoms with Gasteiger partial charge in [0.05, 0.1) is 16.0 Å². The molecule has 1 unspecified atom stereocenters. The summed E-state index contributed by atoms with van der Waals surface area (Å²) < 4.78 is 0. The van der Waals surface area contributed by atoms with Crippen molar-refractivity contribution in [3.63, 3.8) is 0 Å². The summed E-state index contributed by atoms with van der Waals surface area (Å²) in [7, 11) is 0. The van der Waals surface area contributed by atoms with Crippen molar-refractivity contribution in [1.29, 1.82) is 0 Å². The molecule has 2 aromatic rings. The molecule has 1 atom stereocenters. The molecule has 2 nitrogen and oxygen atoms in total. The molecule has 2 aromatic carbocycles. The molecule has 0 saturated carbocycles. The molecular formula is C16H13Cl3O2. The Labute approximate surface area is 138 Å². The number of halogens is 3. The Morgan fingerprint density at radius 2 is 1.76 bits per heavy atom. The Hall–Kier alpha value is -1.22. The average molecular weight is 344 g/mol. The van der Waals surface area contributed by atoms with Gasteiger partial charge >= 0.3 is 5.97 Å². The number of rotatable bonds is 5. The molecule has 2 rings (SSSR count). The van der Waals surface area contributed by atoms with Crippen LogP contribution in [0.3, 0.4) is 0 Å². The summed E-state index contributed by atoms with van der Waals surface area (Å²) in [6, 6.07) is 12.4. The molecule has 0 saturated heterocycles. The van der Waals surface area contributed by atoms with Gasteiger partial charge in [0, 0.05) is 5.02 Å². The lowest BCUT2D eigenvalue weighted by atomic mass is 9.92. The Balaban J connectivity index is 2.20. The van der Waals surface area contributed by atoms with E-state index in [-0.39, 0.29) is 0 Å². The summed E-state index contributed by atoms with van der Waals surface area (Å²) >= 11 is 18.0. The zero-order chi connectivity index (χ0) is 15.4. The summed E-state index contributed by atoms with van der Waals surface area (Å²) in [5.74, 6) is -1.45.